The van der Waals surface area contributed by atoms with Crippen LogP contribution in [-0.2, 0) is 6.42 Å². The topological polar surface area (TPSA) is 37.8 Å². The molecule has 0 amide bonds. The molecule has 1 N–H and O–H groups in total. The van der Waals surface area contributed by atoms with Gasteiger partial charge in [0.2, 0.25) is 0 Å². The van der Waals surface area contributed by atoms with Gasteiger partial charge in [-0.2, -0.15) is 0 Å². The van der Waals surface area contributed by atoms with Gasteiger partial charge >= 0.3 is 0 Å². The Morgan fingerprint density at radius 1 is 1.04 bits per heavy atom. The summed E-state index contributed by atoms with van der Waals surface area (Å²) in [5.41, 5.74) is 5.86. The van der Waals surface area contributed by atoms with E-state index in [9.17, 15) is 0 Å². The van der Waals surface area contributed by atoms with E-state index in [0.717, 1.165) is 46.3 Å². The number of hydrogen-bond donors (Lipinski definition) is 1. The summed E-state index contributed by atoms with van der Waals surface area (Å²) in [6.45, 7) is 3.95. The predicted octanol–water partition coefficient (Wildman–Crippen LogP) is 5.90. The predicted molar refractivity (Wildman–Crippen MR) is 108 cm³/mol. The third kappa shape index (κ3) is 3.45. The van der Waals surface area contributed by atoms with E-state index >= 15 is 0 Å². The second-order valence-corrected chi connectivity index (χ2v) is 7.34. The Labute approximate surface area is 159 Å². The molecule has 0 radical (unpaired) electrons. The molecule has 4 rings (SSSR count). The van der Waals surface area contributed by atoms with Crippen molar-refractivity contribution in [2.45, 2.75) is 39.2 Å². The number of aryl methyl sites for hydroxylation is 3. The molecule has 2 aromatic carbocycles. The molecule has 0 fully saturated rings. The van der Waals surface area contributed by atoms with Crippen LogP contribution in [0.15, 0.2) is 48.5 Å². The van der Waals surface area contributed by atoms with Crippen molar-refractivity contribution in [3.63, 3.8) is 0 Å². The number of anilines is 1. The first kappa shape index (κ1) is 17.0. The van der Waals surface area contributed by atoms with Gasteiger partial charge in [-0.25, -0.2) is 9.97 Å². The molecule has 3 aromatic rings. The fraction of sp³-hybridized carbons (Fsp3) is 0.273. The van der Waals surface area contributed by atoms with Crippen molar-refractivity contribution in [3.8, 4) is 11.3 Å². The summed E-state index contributed by atoms with van der Waals surface area (Å²) in [7, 11) is 0. The Balaban J connectivity index is 1.66. The standard InChI is InChI=1S/C22H22ClN3/c1-14-12-17(10-11-19(14)23)21-13-22(25-15(2)24-21)26-20-9-5-7-16-6-3-4-8-18(16)20/h3-4,6,8,10-13,20H,5,7,9H2,1-2H3,(H,24,25,26). The number of rotatable bonds is 3. The first-order chi connectivity index (χ1) is 12.6. The number of nitrogens with zero attached hydrogens (tertiary/aromatic N) is 2. The van der Waals surface area contributed by atoms with Gasteiger partial charge in [0, 0.05) is 16.7 Å². The van der Waals surface area contributed by atoms with Crippen molar-refractivity contribution in [1.29, 1.82) is 0 Å². The van der Waals surface area contributed by atoms with Crippen molar-refractivity contribution in [3.05, 3.63) is 76.1 Å². The van der Waals surface area contributed by atoms with E-state index < -0.39 is 0 Å². The average Bonchev–Trinajstić information content (AvgIpc) is 2.64. The maximum atomic E-state index is 6.16. The Morgan fingerprint density at radius 3 is 2.73 bits per heavy atom. The van der Waals surface area contributed by atoms with E-state index in [1.165, 1.54) is 17.5 Å². The van der Waals surface area contributed by atoms with Crippen LogP contribution in [0.2, 0.25) is 5.02 Å². The number of halogens is 1. The van der Waals surface area contributed by atoms with Crippen LogP contribution in [0.4, 0.5) is 5.82 Å². The highest BCUT2D eigenvalue weighted by Crippen LogP contribution is 2.33. The molecule has 26 heavy (non-hydrogen) atoms. The second-order valence-electron chi connectivity index (χ2n) is 6.94. The van der Waals surface area contributed by atoms with Crippen LogP contribution >= 0.6 is 11.6 Å². The van der Waals surface area contributed by atoms with Crippen LogP contribution in [0.5, 0.6) is 0 Å². The minimum atomic E-state index is 0.300. The smallest absolute Gasteiger partial charge is 0.130 e. The van der Waals surface area contributed by atoms with E-state index in [1.54, 1.807) is 0 Å². The third-order valence-electron chi connectivity index (χ3n) is 4.98. The molecule has 1 aliphatic rings. The summed E-state index contributed by atoms with van der Waals surface area (Å²) in [5.74, 6) is 1.64. The summed E-state index contributed by atoms with van der Waals surface area (Å²) >= 11 is 6.16. The number of fused-ring (bicyclic) bond motifs is 1. The minimum absolute atomic E-state index is 0.300. The van der Waals surface area contributed by atoms with E-state index in [2.05, 4.69) is 45.6 Å². The molecule has 132 valence electrons. The van der Waals surface area contributed by atoms with E-state index in [-0.39, 0.29) is 0 Å². The lowest BCUT2D eigenvalue weighted by molar-refractivity contribution is 0.598. The Kier molecular flexibility index (Phi) is 4.64. The normalized spacial score (nSPS) is 16.2. The lowest BCUT2D eigenvalue weighted by atomic mass is 9.88. The zero-order chi connectivity index (χ0) is 18.1. The molecule has 0 saturated heterocycles. The highest BCUT2D eigenvalue weighted by Gasteiger charge is 2.20. The lowest BCUT2D eigenvalue weighted by Gasteiger charge is -2.27. The van der Waals surface area contributed by atoms with E-state index in [4.69, 9.17) is 11.6 Å². The Morgan fingerprint density at radius 2 is 1.88 bits per heavy atom. The Hall–Kier alpha value is -2.39. The van der Waals surface area contributed by atoms with Crippen LogP contribution in [0.25, 0.3) is 11.3 Å². The summed E-state index contributed by atoms with van der Waals surface area (Å²) in [6.07, 6.45) is 3.48. The average molecular weight is 364 g/mol. The maximum absolute atomic E-state index is 6.16. The molecule has 0 saturated carbocycles. The Bertz CT molecular complexity index is 952. The highest BCUT2D eigenvalue weighted by molar-refractivity contribution is 6.31. The van der Waals surface area contributed by atoms with Crippen molar-refractivity contribution in [2.75, 3.05) is 5.32 Å². The monoisotopic (exact) mass is 363 g/mol. The van der Waals surface area contributed by atoms with Crippen molar-refractivity contribution < 1.29 is 0 Å². The number of nitrogens with one attached hydrogen (secondary N) is 1. The number of hydrogen-bond acceptors (Lipinski definition) is 3. The first-order valence-corrected chi connectivity index (χ1v) is 9.44. The molecule has 1 aromatic heterocycles. The van der Waals surface area contributed by atoms with Gasteiger partial charge in [-0.15, -0.1) is 0 Å². The third-order valence-corrected chi connectivity index (χ3v) is 5.41. The zero-order valence-corrected chi connectivity index (χ0v) is 15.8. The summed E-state index contributed by atoms with van der Waals surface area (Å²) in [4.78, 5) is 9.24. The molecule has 0 aliphatic heterocycles. The molecule has 0 spiro atoms. The summed E-state index contributed by atoms with van der Waals surface area (Å²) < 4.78 is 0. The molecule has 1 heterocycles. The van der Waals surface area contributed by atoms with Gasteiger partial charge in [-0.1, -0.05) is 41.9 Å². The van der Waals surface area contributed by atoms with Gasteiger partial charge in [0.1, 0.15) is 11.6 Å². The van der Waals surface area contributed by atoms with Crippen LogP contribution in [-0.4, -0.2) is 9.97 Å². The maximum Gasteiger partial charge on any atom is 0.130 e. The van der Waals surface area contributed by atoms with Gasteiger partial charge in [-0.3, -0.25) is 0 Å². The summed E-state index contributed by atoms with van der Waals surface area (Å²) in [6, 6.07) is 17.0. The van der Waals surface area contributed by atoms with Crippen LogP contribution in [0.1, 0.15) is 41.4 Å². The largest absolute Gasteiger partial charge is 0.363 e. The number of benzene rings is 2. The van der Waals surface area contributed by atoms with Gasteiger partial charge in [0.25, 0.3) is 0 Å². The fourth-order valence-corrected chi connectivity index (χ4v) is 3.79. The minimum Gasteiger partial charge on any atom is -0.363 e. The van der Waals surface area contributed by atoms with Crippen molar-refractivity contribution >= 4 is 17.4 Å². The van der Waals surface area contributed by atoms with Gasteiger partial charge in [0.15, 0.2) is 0 Å². The van der Waals surface area contributed by atoms with Gasteiger partial charge < -0.3 is 5.32 Å². The van der Waals surface area contributed by atoms with Crippen LogP contribution in [0.3, 0.4) is 0 Å². The second kappa shape index (κ2) is 7.08. The van der Waals surface area contributed by atoms with Gasteiger partial charge in [0.05, 0.1) is 11.7 Å². The van der Waals surface area contributed by atoms with Crippen LogP contribution < -0.4 is 5.32 Å². The lowest BCUT2D eigenvalue weighted by Crippen LogP contribution is -2.18. The molecular weight excluding hydrogens is 342 g/mol. The molecular formula is C22H22ClN3. The number of aromatic nitrogens is 2. The van der Waals surface area contributed by atoms with Crippen LogP contribution in [0, 0.1) is 13.8 Å². The summed E-state index contributed by atoms with van der Waals surface area (Å²) in [5, 5.41) is 4.41. The molecule has 1 atom stereocenters. The van der Waals surface area contributed by atoms with E-state index in [1.807, 2.05) is 32.0 Å². The molecule has 1 unspecified atom stereocenters. The molecule has 1 aliphatic carbocycles. The van der Waals surface area contributed by atoms with Crippen molar-refractivity contribution in [1.82, 2.24) is 9.97 Å². The van der Waals surface area contributed by atoms with Crippen molar-refractivity contribution in [2.24, 2.45) is 0 Å². The molecule has 0 bridgehead atoms. The zero-order valence-electron chi connectivity index (χ0n) is 15.1. The SMILES string of the molecule is Cc1nc(NC2CCCc3ccccc32)cc(-c2ccc(Cl)c(C)c2)n1. The first-order valence-electron chi connectivity index (χ1n) is 9.07. The molecule has 3 nitrogen and oxygen atoms in total. The molecule has 4 heteroatoms. The fourth-order valence-electron chi connectivity index (χ4n) is 3.68. The quantitative estimate of drug-likeness (QED) is 0.629. The van der Waals surface area contributed by atoms with Gasteiger partial charge in [-0.05, 0) is 61.9 Å². The highest BCUT2D eigenvalue weighted by atomic mass is 35.5. The van der Waals surface area contributed by atoms with E-state index in [0.29, 0.717) is 6.04 Å².